The number of hydrogen-bond acceptors (Lipinski definition) is 5. The average molecular weight is 678 g/mol. The zero-order valence-corrected chi connectivity index (χ0v) is 23.1. The summed E-state index contributed by atoms with van der Waals surface area (Å²) in [6.07, 6.45) is 0.668. The van der Waals surface area contributed by atoms with Gasteiger partial charge in [0, 0.05) is 23.1 Å². The fourth-order valence-corrected chi connectivity index (χ4v) is 5.42. The molecule has 0 saturated carbocycles. The minimum absolute atomic E-state index is 0.00350. The van der Waals surface area contributed by atoms with Crippen LogP contribution in [0, 0.1) is 26.8 Å². The SMILES string of the molecule is NC(=O)c1cc(Cc2cccc(NS(=O)(=O)NC[C@H]3CCCO3)c2F)c(F)c(F)c1Nc1ccc(I)cc1F. The molecule has 8 nitrogen and oxygen atoms in total. The van der Waals surface area contributed by atoms with Gasteiger partial charge in [-0.15, -0.1) is 0 Å². The molecule has 4 rings (SSSR count). The van der Waals surface area contributed by atoms with Crippen molar-refractivity contribution in [1.82, 2.24) is 4.72 Å². The van der Waals surface area contributed by atoms with Gasteiger partial charge in [0.2, 0.25) is 0 Å². The summed E-state index contributed by atoms with van der Waals surface area (Å²) < 4.78 is 94.8. The number of hydrogen-bond donors (Lipinski definition) is 4. The smallest absolute Gasteiger partial charge is 0.299 e. The molecule has 1 heterocycles. The number of halogens is 5. The Balaban J connectivity index is 1.60. The fraction of sp³-hybridized carbons (Fsp3) is 0.240. The van der Waals surface area contributed by atoms with E-state index < -0.39 is 68.3 Å². The molecule has 3 aromatic rings. The van der Waals surface area contributed by atoms with Crippen LogP contribution in [0.15, 0.2) is 42.5 Å². The van der Waals surface area contributed by atoms with Crippen molar-refractivity contribution in [1.29, 1.82) is 0 Å². The first kappa shape index (κ1) is 29.0. The highest BCUT2D eigenvalue weighted by atomic mass is 127. The van der Waals surface area contributed by atoms with Crippen LogP contribution in [0.4, 0.5) is 34.6 Å². The van der Waals surface area contributed by atoms with Crippen LogP contribution in [-0.4, -0.2) is 33.6 Å². The van der Waals surface area contributed by atoms with E-state index in [4.69, 9.17) is 10.5 Å². The largest absolute Gasteiger partial charge is 0.377 e. The van der Waals surface area contributed by atoms with Gasteiger partial charge >= 0.3 is 0 Å². The Morgan fingerprint density at radius 3 is 2.46 bits per heavy atom. The molecule has 0 radical (unpaired) electrons. The summed E-state index contributed by atoms with van der Waals surface area (Å²) >= 11 is 1.87. The lowest BCUT2D eigenvalue weighted by Gasteiger charge is -2.16. The zero-order valence-electron chi connectivity index (χ0n) is 20.2. The second-order valence-electron chi connectivity index (χ2n) is 8.74. The van der Waals surface area contributed by atoms with Gasteiger partial charge in [-0.25, -0.2) is 17.6 Å². The Labute approximate surface area is 235 Å². The van der Waals surface area contributed by atoms with Gasteiger partial charge in [0.25, 0.3) is 16.1 Å². The number of ether oxygens (including phenoxy) is 1. The molecule has 208 valence electrons. The number of nitrogens with one attached hydrogen (secondary N) is 3. The molecule has 1 aliphatic rings. The topological polar surface area (TPSA) is 123 Å². The zero-order chi connectivity index (χ0) is 28.3. The van der Waals surface area contributed by atoms with Crippen LogP contribution in [0.2, 0.25) is 0 Å². The first-order valence-corrected chi connectivity index (χ1v) is 14.2. The van der Waals surface area contributed by atoms with E-state index in [9.17, 15) is 17.6 Å². The van der Waals surface area contributed by atoms with E-state index in [1.54, 1.807) is 0 Å². The van der Waals surface area contributed by atoms with Crippen LogP contribution in [-0.2, 0) is 21.4 Å². The van der Waals surface area contributed by atoms with E-state index in [2.05, 4.69) is 14.8 Å². The van der Waals surface area contributed by atoms with Crippen LogP contribution >= 0.6 is 22.6 Å². The van der Waals surface area contributed by atoms with Gasteiger partial charge in [-0.3, -0.25) is 9.52 Å². The molecule has 5 N–H and O–H groups in total. The minimum atomic E-state index is -4.16. The van der Waals surface area contributed by atoms with Gasteiger partial charge in [0.05, 0.1) is 28.7 Å². The Kier molecular flexibility index (Phi) is 8.98. The quantitative estimate of drug-likeness (QED) is 0.183. The maximum atomic E-state index is 15.2. The molecule has 1 amide bonds. The molecule has 39 heavy (non-hydrogen) atoms. The Bertz CT molecular complexity index is 1520. The van der Waals surface area contributed by atoms with Crippen molar-refractivity contribution < 1.29 is 35.5 Å². The first-order valence-electron chi connectivity index (χ1n) is 11.6. The maximum absolute atomic E-state index is 15.2. The molecule has 0 unspecified atom stereocenters. The summed E-state index contributed by atoms with van der Waals surface area (Å²) in [5.74, 6) is -5.87. The van der Waals surface area contributed by atoms with E-state index in [1.807, 2.05) is 22.6 Å². The number of carbonyl (C=O) groups is 1. The van der Waals surface area contributed by atoms with Crippen LogP contribution in [0.1, 0.15) is 34.3 Å². The number of primary amides is 1. The molecular weight excluding hydrogens is 655 g/mol. The third-order valence-corrected chi connectivity index (χ3v) is 7.67. The lowest BCUT2D eigenvalue weighted by atomic mass is 9.99. The molecule has 1 fully saturated rings. The Morgan fingerprint density at radius 1 is 1.03 bits per heavy atom. The number of benzene rings is 3. The minimum Gasteiger partial charge on any atom is -0.377 e. The van der Waals surface area contributed by atoms with Crippen molar-refractivity contribution >= 4 is 55.8 Å². The van der Waals surface area contributed by atoms with E-state index in [1.165, 1.54) is 30.3 Å². The second kappa shape index (κ2) is 12.1. The van der Waals surface area contributed by atoms with Gasteiger partial charge in [0.1, 0.15) is 5.82 Å². The molecule has 1 aliphatic heterocycles. The highest BCUT2D eigenvalue weighted by Crippen LogP contribution is 2.32. The van der Waals surface area contributed by atoms with Crippen LogP contribution < -0.4 is 20.5 Å². The van der Waals surface area contributed by atoms with Gasteiger partial charge in [-0.05, 0) is 76.9 Å². The summed E-state index contributed by atoms with van der Waals surface area (Å²) in [4.78, 5) is 12.1. The molecule has 0 bridgehead atoms. The molecule has 0 aromatic heterocycles. The third kappa shape index (κ3) is 6.98. The van der Waals surface area contributed by atoms with Crippen molar-refractivity contribution in [3.63, 3.8) is 0 Å². The van der Waals surface area contributed by atoms with Crippen molar-refractivity contribution in [2.24, 2.45) is 5.73 Å². The number of nitrogens with two attached hydrogens (primary N) is 1. The van der Waals surface area contributed by atoms with Crippen LogP contribution in [0.25, 0.3) is 0 Å². The molecule has 14 heteroatoms. The molecule has 0 aliphatic carbocycles. The first-order chi connectivity index (χ1) is 18.4. The summed E-state index contributed by atoms with van der Waals surface area (Å²) in [5.41, 5.74) is 2.96. The lowest BCUT2D eigenvalue weighted by Crippen LogP contribution is -2.36. The normalized spacial score (nSPS) is 15.4. The summed E-state index contributed by atoms with van der Waals surface area (Å²) in [7, 11) is -4.16. The summed E-state index contributed by atoms with van der Waals surface area (Å²) in [5, 5.41) is 2.37. The standard InChI is InChI=1S/C25H23F4IN4O4S/c26-18-11-15(30)6-7-19(18)33-24-17(25(31)35)10-14(22(28)23(24)29)9-13-3-1-5-20(21(13)27)34-39(36,37)32-12-16-4-2-8-38-16/h1,3,5-7,10-11,16,32-34H,2,4,8-9,12H2,(H2,31,35)/t16-/m1/s1. The molecule has 1 atom stereocenters. The van der Waals surface area contributed by atoms with Gasteiger partial charge in [-0.2, -0.15) is 13.1 Å². The predicted octanol–water partition coefficient (Wildman–Crippen LogP) is 4.71. The van der Waals surface area contributed by atoms with Gasteiger partial charge in [0.15, 0.2) is 17.5 Å². The summed E-state index contributed by atoms with van der Waals surface area (Å²) in [6.45, 7) is 0.536. The highest BCUT2D eigenvalue weighted by Gasteiger charge is 2.24. The maximum Gasteiger partial charge on any atom is 0.299 e. The predicted molar refractivity (Wildman–Crippen MR) is 146 cm³/mol. The highest BCUT2D eigenvalue weighted by molar-refractivity contribution is 14.1. The Morgan fingerprint density at radius 2 is 1.79 bits per heavy atom. The fourth-order valence-electron chi connectivity index (χ4n) is 4.04. The van der Waals surface area contributed by atoms with Crippen LogP contribution in [0.3, 0.4) is 0 Å². The molecule has 0 spiro atoms. The molecular formula is C25H23F4IN4O4S. The van der Waals surface area contributed by atoms with E-state index in [-0.39, 0.29) is 23.9 Å². The lowest BCUT2D eigenvalue weighted by molar-refractivity contribution is 0.100. The monoisotopic (exact) mass is 678 g/mol. The summed E-state index contributed by atoms with van der Waals surface area (Å²) in [6, 6.07) is 8.63. The molecule has 1 saturated heterocycles. The van der Waals surface area contributed by atoms with Gasteiger partial charge in [-0.1, -0.05) is 12.1 Å². The van der Waals surface area contributed by atoms with E-state index in [0.717, 1.165) is 18.6 Å². The number of carbonyl (C=O) groups excluding carboxylic acids is 1. The van der Waals surface area contributed by atoms with Crippen molar-refractivity contribution in [2.75, 3.05) is 23.2 Å². The van der Waals surface area contributed by atoms with Crippen molar-refractivity contribution in [2.45, 2.75) is 25.4 Å². The second-order valence-corrected chi connectivity index (χ2v) is 11.5. The third-order valence-electron chi connectivity index (χ3n) is 5.97. The van der Waals surface area contributed by atoms with Crippen LogP contribution in [0.5, 0.6) is 0 Å². The number of rotatable bonds is 10. The van der Waals surface area contributed by atoms with Gasteiger partial charge < -0.3 is 15.8 Å². The Hall–Kier alpha value is -2.95. The molecule has 3 aromatic carbocycles. The van der Waals surface area contributed by atoms with Crippen molar-refractivity contribution in [3.05, 3.63) is 86.0 Å². The average Bonchev–Trinajstić information content (AvgIpc) is 3.40. The van der Waals surface area contributed by atoms with E-state index >= 15 is 13.2 Å². The van der Waals surface area contributed by atoms with Crippen molar-refractivity contribution in [3.8, 4) is 0 Å². The number of anilines is 3. The van der Waals surface area contributed by atoms with E-state index in [0.29, 0.717) is 16.6 Å². The number of amides is 1.